The van der Waals surface area contributed by atoms with Crippen molar-refractivity contribution in [2.75, 3.05) is 0 Å². The van der Waals surface area contributed by atoms with Crippen LogP contribution >= 0.6 is 0 Å². The van der Waals surface area contributed by atoms with Gasteiger partial charge in [-0.05, 0) is 42.6 Å². The summed E-state index contributed by atoms with van der Waals surface area (Å²) >= 11 is 0. The molecule has 1 aromatic rings. The molecule has 3 rings (SSSR count). The van der Waals surface area contributed by atoms with Crippen molar-refractivity contribution in [3.05, 3.63) is 42.0 Å². The summed E-state index contributed by atoms with van der Waals surface area (Å²) in [6.07, 6.45) is 3.12. The molecule has 2 bridgehead atoms. The highest BCUT2D eigenvalue weighted by Gasteiger charge is 2.78. The van der Waals surface area contributed by atoms with E-state index >= 15 is 0 Å². The Bertz CT molecular complexity index is 976. The van der Waals surface area contributed by atoms with Crippen molar-refractivity contribution in [1.29, 1.82) is 0 Å². The molecule has 1 aromatic carbocycles. The van der Waals surface area contributed by atoms with Crippen molar-refractivity contribution in [1.82, 2.24) is 0 Å². The summed E-state index contributed by atoms with van der Waals surface area (Å²) in [5.74, 6) is -6.28. The molecule has 4 N–H and O–H groups in total. The highest BCUT2D eigenvalue weighted by molar-refractivity contribution is 5.96. The molecular weight excluding hydrogens is 456 g/mol. The number of carbonyl (C=O) groups is 3. The van der Waals surface area contributed by atoms with Gasteiger partial charge in [-0.1, -0.05) is 63.3 Å². The largest absolute Gasteiger partial charge is 0.479 e. The van der Waals surface area contributed by atoms with Crippen LogP contribution in [-0.2, 0) is 23.9 Å². The van der Waals surface area contributed by atoms with E-state index in [-0.39, 0.29) is 31.1 Å². The van der Waals surface area contributed by atoms with Crippen LogP contribution in [0.1, 0.15) is 58.4 Å². The van der Waals surface area contributed by atoms with Crippen molar-refractivity contribution in [3.63, 3.8) is 0 Å². The fourth-order valence-corrected chi connectivity index (χ4v) is 5.18. The van der Waals surface area contributed by atoms with Crippen LogP contribution in [0.5, 0.6) is 0 Å². The molecule has 9 nitrogen and oxygen atoms in total. The Balaban J connectivity index is 1.69. The molecule has 9 heteroatoms. The third kappa shape index (κ3) is 4.85. The van der Waals surface area contributed by atoms with E-state index in [0.29, 0.717) is 12.3 Å². The molecule has 0 saturated carbocycles. The molecule has 0 amide bonds. The normalized spacial score (nSPS) is 32.7. The number of hydrogen-bond acceptors (Lipinski definition) is 6. The zero-order chi connectivity index (χ0) is 26.0. The van der Waals surface area contributed by atoms with Crippen molar-refractivity contribution >= 4 is 24.0 Å². The van der Waals surface area contributed by atoms with Gasteiger partial charge in [0.2, 0.25) is 17.3 Å². The van der Waals surface area contributed by atoms with Gasteiger partial charge in [0.15, 0.2) is 5.79 Å². The second-order valence-corrected chi connectivity index (χ2v) is 9.95. The molecule has 2 fully saturated rings. The highest BCUT2D eigenvalue weighted by atomic mass is 16.8. The standard InChI is InChI=1S/C26H34O9/c1-16(8-7-11-19-9-5-4-6-10-19)18(3)17(2)12-13-24-14-15-25(35-24,22(29)30)26(33,23(31)32)20(34-24)21(27)28/h4-7,9-11,16-18,20,33H,8,12-15H2,1-3H3,(H,27,28)(H,29,30)(H,31,32)/b11-7+/t16?,17?,18?,20-,24+,25+,26-/m1/s1. The summed E-state index contributed by atoms with van der Waals surface area (Å²) < 4.78 is 11.2. The van der Waals surface area contributed by atoms with Gasteiger partial charge in [-0.15, -0.1) is 0 Å². The van der Waals surface area contributed by atoms with E-state index in [1.165, 1.54) is 0 Å². The molecule has 7 atom stereocenters. The quantitative estimate of drug-likeness (QED) is 0.366. The minimum absolute atomic E-state index is 0.0326. The van der Waals surface area contributed by atoms with E-state index in [4.69, 9.17) is 9.47 Å². The average Bonchev–Trinajstić information content (AvgIpc) is 3.17. The number of hydrogen-bond donors (Lipinski definition) is 4. The Hall–Kier alpha value is -2.75. The Morgan fingerprint density at radius 1 is 1.03 bits per heavy atom. The minimum atomic E-state index is -3.26. The Morgan fingerprint density at radius 2 is 1.69 bits per heavy atom. The molecule has 2 saturated heterocycles. The second kappa shape index (κ2) is 10.1. The summed E-state index contributed by atoms with van der Waals surface area (Å²) in [6.45, 7) is 6.34. The molecule has 35 heavy (non-hydrogen) atoms. The fraction of sp³-hybridized carbons (Fsp3) is 0.577. The van der Waals surface area contributed by atoms with Gasteiger partial charge < -0.3 is 29.9 Å². The first-order valence-electron chi connectivity index (χ1n) is 11.9. The Morgan fingerprint density at radius 3 is 2.26 bits per heavy atom. The van der Waals surface area contributed by atoms with Gasteiger partial charge in [0, 0.05) is 12.8 Å². The molecule has 0 aliphatic carbocycles. The first-order chi connectivity index (χ1) is 16.4. The number of allylic oxidation sites excluding steroid dienone is 1. The molecular formula is C26H34O9. The fourth-order valence-electron chi connectivity index (χ4n) is 5.18. The van der Waals surface area contributed by atoms with Crippen LogP contribution in [0.3, 0.4) is 0 Å². The maximum atomic E-state index is 12.1. The lowest BCUT2D eigenvalue weighted by Gasteiger charge is -2.48. The van der Waals surface area contributed by atoms with E-state index in [1.54, 1.807) is 0 Å². The minimum Gasteiger partial charge on any atom is -0.479 e. The van der Waals surface area contributed by atoms with Crippen LogP contribution < -0.4 is 0 Å². The molecule has 3 unspecified atom stereocenters. The predicted molar refractivity (Wildman–Crippen MR) is 125 cm³/mol. The molecule has 0 spiro atoms. The second-order valence-electron chi connectivity index (χ2n) is 9.95. The van der Waals surface area contributed by atoms with Crippen LogP contribution in [0.15, 0.2) is 36.4 Å². The first kappa shape index (κ1) is 26.8. The molecule has 0 radical (unpaired) electrons. The lowest BCUT2D eigenvalue weighted by atomic mass is 9.76. The van der Waals surface area contributed by atoms with Crippen LogP contribution in [0.4, 0.5) is 0 Å². The SMILES string of the molecule is CC(C/C=C/c1ccccc1)C(C)C(C)CC[C@@]12CC[C@@](C(=O)O)(O1)[C@](O)(C(=O)O)[C@@H](C(=O)O)O2. The monoisotopic (exact) mass is 490 g/mol. The van der Waals surface area contributed by atoms with Gasteiger partial charge in [0.1, 0.15) is 0 Å². The summed E-state index contributed by atoms with van der Waals surface area (Å²) in [7, 11) is 0. The van der Waals surface area contributed by atoms with Crippen LogP contribution in [0, 0.1) is 17.8 Å². The zero-order valence-electron chi connectivity index (χ0n) is 20.2. The van der Waals surface area contributed by atoms with Crippen molar-refractivity contribution in [2.45, 2.75) is 76.0 Å². The summed E-state index contributed by atoms with van der Waals surface area (Å²) in [5.41, 5.74) is -4.74. The molecule has 2 heterocycles. The third-order valence-corrected chi connectivity index (χ3v) is 7.84. The maximum Gasteiger partial charge on any atom is 0.342 e. The summed E-state index contributed by atoms with van der Waals surface area (Å²) in [6, 6.07) is 10.00. The molecule has 2 aliphatic rings. The van der Waals surface area contributed by atoms with E-state index in [0.717, 1.165) is 12.0 Å². The number of aliphatic carboxylic acids is 3. The molecule has 0 aromatic heterocycles. The van der Waals surface area contributed by atoms with Gasteiger partial charge in [0.05, 0.1) is 0 Å². The van der Waals surface area contributed by atoms with Crippen molar-refractivity contribution in [3.8, 4) is 0 Å². The van der Waals surface area contributed by atoms with Crippen molar-refractivity contribution < 1.29 is 44.3 Å². The third-order valence-electron chi connectivity index (χ3n) is 7.84. The van der Waals surface area contributed by atoms with Gasteiger partial charge >= 0.3 is 17.9 Å². The number of benzene rings is 1. The van der Waals surface area contributed by atoms with E-state index in [2.05, 4.69) is 32.9 Å². The zero-order valence-corrected chi connectivity index (χ0v) is 20.2. The molecule has 2 aliphatic heterocycles. The topological polar surface area (TPSA) is 151 Å². The van der Waals surface area contributed by atoms with Gasteiger partial charge in [-0.25, -0.2) is 14.4 Å². The molecule has 192 valence electrons. The summed E-state index contributed by atoms with van der Waals surface area (Å²) in [5, 5.41) is 39.8. The van der Waals surface area contributed by atoms with E-state index in [9.17, 15) is 34.8 Å². The van der Waals surface area contributed by atoms with Gasteiger partial charge in [0.25, 0.3) is 0 Å². The summed E-state index contributed by atoms with van der Waals surface area (Å²) in [4.78, 5) is 35.8. The predicted octanol–water partition coefficient (Wildman–Crippen LogP) is 3.41. The van der Waals surface area contributed by atoms with E-state index < -0.39 is 41.0 Å². The smallest absolute Gasteiger partial charge is 0.342 e. The Labute approximate surface area is 204 Å². The van der Waals surface area contributed by atoms with Gasteiger partial charge in [-0.3, -0.25) is 0 Å². The van der Waals surface area contributed by atoms with Crippen LogP contribution in [0.2, 0.25) is 0 Å². The maximum absolute atomic E-state index is 12.1. The number of ether oxygens (including phenoxy) is 2. The van der Waals surface area contributed by atoms with Crippen LogP contribution in [0.25, 0.3) is 6.08 Å². The number of carboxylic acids is 3. The number of rotatable bonds is 11. The Kier molecular flexibility index (Phi) is 7.74. The lowest BCUT2D eigenvalue weighted by Crippen LogP contribution is -2.75. The van der Waals surface area contributed by atoms with E-state index in [1.807, 2.05) is 30.3 Å². The highest BCUT2D eigenvalue weighted by Crippen LogP contribution is 2.54. The first-order valence-corrected chi connectivity index (χ1v) is 11.9. The lowest BCUT2D eigenvalue weighted by molar-refractivity contribution is -0.363. The number of aliphatic hydroxyl groups is 1. The van der Waals surface area contributed by atoms with Crippen LogP contribution in [-0.4, -0.2) is 61.4 Å². The number of carboxylic acid groups (broad SMARTS) is 3. The average molecular weight is 491 g/mol. The van der Waals surface area contributed by atoms with Gasteiger partial charge in [-0.2, -0.15) is 0 Å². The van der Waals surface area contributed by atoms with Crippen molar-refractivity contribution in [2.24, 2.45) is 17.8 Å². The number of fused-ring (bicyclic) bond motifs is 2.